The van der Waals surface area contributed by atoms with E-state index in [1.165, 1.54) is 37.9 Å². The van der Waals surface area contributed by atoms with Gasteiger partial charge >= 0.3 is 0 Å². The van der Waals surface area contributed by atoms with Gasteiger partial charge in [-0.3, -0.25) is 9.59 Å². The van der Waals surface area contributed by atoms with E-state index >= 15 is 0 Å². The van der Waals surface area contributed by atoms with Crippen molar-refractivity contribution in [2.24, 2.45) is 0 Å². The summed E-state index contributed by atoms with van der Waals surface area (Å²) >= 11 is 1.38. The van der Waals surface area contributed by atoms with Gasteiger partial charge in [-0.25, -0.2) is 8.42 Å². The summed E-state index contributed by atoms with van der Waals surface area (Å²) in [6, 6.07) is 11.5. The largest absolute Gasteiger partial charge is 0.497 e. The molecule has 9 heteroatoms. The smallest absolute Gasteiger partial charge is 0.237 e. The third-order valence-corrected chi connectivity index (χ3v) is 7.88. The summed E-state index contributed by atoms with van der Waals surface area (Å²) in [4.78, 5) is 25.1. The first-order valence-electron chi connectivity index (χ1n) is 9.00. The summed E-state index contributed by atoms with van der Waals surface area (Å²) in [6.45, 7) is 3.28. The molecule has 0 saturated heterocycles. The second-order valence-corrected chi connectivity index (χ2v) is 10.5. The Morgan fingerprint density at radius 1 is 1.28 bits per heavy atom. The average Bonchev–Trinajstić information content (AvgIpc) is 2.68. The third-order valence-electron chi connectivity index (χ3n) is 4.57. The average molecular weight is 435 g/mol. The van der Waals surface area contributed by atoms with Gasteiger partial charge in [-0.15, -0.1) is 11.8 Å². The van der Waals surface area contributed by atoms with Crippen LogP contribution in [-0.2, 0) is 19.4 Å². The second-order valence-electron chi connectivity index (χ2n) is 6.75. The summed E-state index contributed by atoms with van der Waals surface area (Å²) in [5.41, 5.74) is 1.01. The SMILES string of the molecule is COc1cccc(NC(=O)C[C@H](C)S(=O)(=O)c2ccc3c(c2)NC(=O)[C@@H](C)S3)c1. The van der Waals surface area contributed by atoms with Crippen molar-refractivity contribution in [3.05, 3.63) is 42.5 Å². The van der Waals surface area contributed by atoms with Crippen LogP contribution in [0.1, 0.15) is 20.3 Å². The topological polar surface area (TPSA) is 102 Å². The fourth-order valence-corrected chi connectivity index (χ4v) is 5.19. The molecule has 29 heavy (non-hydrogen) atoms. The van der Waals surface area contributed by atoms with E-state index in [9.17, 15) is 18.0 Å². The van der Waals surface area contributed by atoms with E-state index in [0.29, 0.717) is 17.1 Å². The van der Waals surface area contributed by atoms with Gasteiger partial charge in [0.05, 0.1) is 28.2 Å². The zero-order chi connectivity index (χ0) is 21.2. The monoisotopic (exact) mass is 434 g/mol. The number of thioether (sulfide) groups is 1. The number of anilines is 2. The molecule has 0 aromatic heterocycles. The Labute approximate surface area is 174 Å². The lowest BCUT2D eigenvalue weighted by molar-refractivity contribution is -0.116. The fourth-order valence-electron chi connectivity index (χ4n) is 2.88. The maximum absolute atomic E-state index is 12.9. The molecule has 0 aliphatic carbocycles. The lowest BCUT2D eigenvalue weighted by Gasteiger charge is -2.22. The number of hydrogen-bond donors (Lipinski definition) is 2. The molecule has 2 N–H and O–H groups in total. The van der Waals surface area contributed by atoms with E-state index < -0.39 is 21.0 Å². The van der Waals surface area contributed by atoms with Gasteiger partial charge < -0.3 is 15.4 Å². The van der Waals surface area contributed by atoms with E-state index in [0.717, 1.165) is 4.90 Å². The molecule has 1 aliphatic rings. The van der Waals surface area contributed by atoms with Crippen LogP contribution in [0.25, 0.3) is 0 Å². The number of methoxy groups -OCH3 is 1. The van der Waals surface area contributed by atoms with Crippen LogP contribution in [0, 0.1) is 0 Å². The number of carbonyl (C=O) groups excluding carboxylic acids is 2. The number of rotatable bonds is 6. The summed E-state index contributed by atoms with van der Waals surface area (Å²) < 4.78 is 31.0. The Hall–Kier alpha value is -2.52. The van der Waals surface area contributed by atoms with Crippen molar-refractivity contribution in [3.63, 3.8) is 0 Å². The van der Waals surface area contributed by atoms with Crippen molar-refractivity contribution in [3.8, 4) is 5.75 Å². The van der Waals surface area contributed by atoms with E-state index in [1.807, 2.05) is 0 Å². The highest BCUT2D eigenvalue weighted by atomic mass is 32.2. The zero-order valence-corrected chi connectivity index (χ0v) is 17.9. The first-order valence-corrected chi connectivity index (χ1v) is 11.4. The van der Waals surface area contributed by atoms with E-state index in [2.05, 4.69) is 10.6 Å². The second kappa shape index (κ2) is 8.46. The van der Waals surface area contributed by atoms with Gasteiger partial charge in [0.1, 0.15) is 5.75 Å². The highest BCUT2D eigenvalue weighted by Gasteiger charge is 2.29. The molecule has 3 rings (SSSR count). The van der Waals surface area contributed by atoms with Crippen LogP contribution in [0.3, 0.4) is 0 Å². The molecular formula is C20H22N2O5S2. The molecule has 0 bridgehead atoms. The normalized spacial score (nSPS) is 17.1. The number of nitrogens with one attached hydrogen (secondary N) is 2. The predicted octanol–water partition coefficient (Wildman–Crippen LogP) is 3.32. The Bertz CT molecular complexity index is 1050. The van der Waals surface area contributed by atoms with Crippen LogP contribution in [0.4, 0.5) is 11.4 Å². The quantitative estimate of drug-likeness (QED) is 0.723. The molecule has 0 saturated carbocycles. The van der Waals surface area contributed by atoms with Crippen molar-refractivity contribution >= 4 is 44.8 Å². The number of ether oxygens (including phenoxy) is 1. The minimum absolute atomic E-state index is 0.0772. The van der Waals surface area contributed by atoms with Gasteiger partial charge in [0.15, 0.2) is 9.84 Å². The standard InChI is InChI=1S/C20H22N2O5S2/c1-12(9-19(23)21-14-5-4-6-15(10-14)27-3)29(25,26)16-7-8-18-17(11-16)22-20(24)13(2)28-18/h4-8,10-13H,9H2,1-3H3,(H,21,23)(H,22,24)/t12-,13+/m0/s1. The molecule has 2 aromatic rings. The highest BCUT2D eigenvalue weighted by molar-refractivity contribution is 8.01. The zero-order valence-electron chi connectivity index (χ0n) is 16.3. The van der Waals surface area contributed by atoms with Gasteiger partial charge in [-0.1, -0.05) is 6.07 Å². The molecule has 1 heterocycles. The van der Waals surface area contributed by atoms with Crippen molar-refractivity contribution in [2.45, 2.75) is 40.6 Å². The summed E-state index contributed by atoms with van der Waals surface area (Å²) in [6.07, 6.45) is -0.200. The molecule has 2 aromatic carbocycles. The number of amides is 2. The molecule has 7 nitrogen and oxygen atoms in total. The predicted molar refractivity (Wildman–Crippen MR) is 113 cm³/mol. The van der Waals surface area contributed by atoms with Gasteiger partial charge in [-0.05, 0) is 44.2 Å². The summed E-state index contributed by atoms with van der Waals surface area (Å²) in [5.74, 6) is 0.0134. The van der Waals surface area contributed by atoms with Gasteiger partial charge in [0.2, 0.25) is 11.8 Å². The molecule has 0 radical (unpaired) electrons. The van der Waals surface area contributed by atoms with Crippen molar-refractivity contribution < 1.29 is 22.7 Å². The molecule has 1 aliphatic heterocycles. The highest BCUT2D eigenvalue weighted by Crippen LogP contribution is 2.37. The van der Waals surface area contributed by atoms with Crippen molar-refractivity contribution in [2.75, 3.05) is 17.7 Å². The number of carbonyl (C=O) groups is 2. The maximum Gasteiger partial charge on any atom is 0.237 e. The van der Waals surface area contributed by atoms with E-state index in [1.54, 1.807) is 37.3 Å². The van der Waals surface area contributed by atoms with Gasteiger partial charge in [-0.2, -0.15) is 0 Å². The summed E-state index contributed by atoms with van der Waals surface area (Å²) in [5, 5.41) is 4.25. The van der Waals surface area contributed by atoms with Crippen LogP contribution in [0.5, 0.6) is 5.75 Å². The maximum atomic E-state index is 12.9. The lowest BCUT2D eigenvalue weighted by atomic mass is 10.2. The molecule has 154 valence electrons. The van der Waals surface area contributed by atoms with Crippen LogP contribution in [0.15, 0.2) is 52.3 Å². The first-order chi connectivity index (χ1) is 13.7. The Balaban J connectivity index is 1.73. The summed E-state index contributed by atoms with van der Waals surface area (Å²) in [7, 11) is -2.23. The van der Waals surface area contributed by atoms with Crippen molar-refractivity contribution in [1.29, 1.82) is 0 Å². The van der Waals surface area contributed by atoms with E-state index in [-0.39, 0.29) is 22.5 Å². The molecule has 2 amide bonds. The first kappa shape index (κ1) is 21.2. The van der Waals surface area contributed by atoms with E-state index in [4.69, 9.17) is 4.74 Å². The number of benzene rings is 2. The fraction of sp³-hybridized carbons (Fsp3) is 0.300. The number of sulfone groups is 1. The number of fused-ring (bicyclic) bond motifs is 1. The van der Waals surface area contributed by atoms with Crippen LogP contribution >= 0.6 is 11.8 Å². The Morgan fingerprint density at radius 2 is 2.03 bits per heavy atom. The molecule has 2 atom stereocenters. The van der Waals surface area contributed by atoms with Crippen LogP contribution in [0.2, 0.25) is 0 Å². The lowest BCUT2D eigenvalue weighted by Crippen LogP contribution is -2.27. The number of hydrogen-bond acceptors (Lipinski definition) is 6. The molecular weight excluding hydrogens is 412 g/mol. The Kier molecular flexibility index (Phi) is 6.18. The molecule has 0 spiro atoms. The molecule has 0 unspecified atom stereocenters. The Morgan fingerprint density at radius 3 is 2.76 bits per heavy atom. The van der Waals surface area contributed by atoms with Crippen molar-refractivity contribution in [1.82, 2.24) is 0 Å². The van der Waals surface area contributed by atoms with Gasteiger partial charge in [0.25, 0.3) is 0 Å². The van der Waals surface area contributed by atoms with Crippen LogP contribution < -0.4 is 15.4 Å². The molecule has 0 fully saturated rings. The van der Waals surface area contributed by atoms with Gasteiger partial charge in [0, 0.05) is 23.1 Å². The minimum Gasteiger partial charge on any atom is -0.497 e. The third kappa shape index (κ3) is 4.73. The minimum atomic E-state index is -3.75. The van der Waals surface area contributed by atoms with Crippen LogP contribution in [-0.4, -0.2) is 37.8 Å².